The Balaban J connectivity index is 1.55. The minimum Gasteiger partial charge on any atom is -0.454 e. The number of thiophene rings is 1. The minimum absolute atomic E-state index is 0.965. The largest absolute Gasteiger partial charge is 0.454 e. The fourth-order valence-electron chi connectivity index (χ4n) is 5.76. The van der Waals surface area contributed by atoms with Gasteiger partial charge in [0.25, 0.3) is 0 Å². The average Bonchev–Trinajstić information content (AvgIpc) is 3.49. The summed E-state index contributed by atoms with van der Waals surface area (Å²) in [4.78, 5) is 0. The molecule has 0 aliphatic heterocycles. The van der Waals surface area contributed by atoms with Crippen LogP contribution in [-0.2, 0) is 0 Å². The lowest BCUT2D eigenvalue weighted by Crippen LogP contribution is -1.90. The van der Waals surface area contributed by atoms with Crippen LogP contribution in [0.1, 0.15) is 0 Å². The molecule has 36 heavy (non-hydrogen) atoms. The predicted octanol–water partition coefficient (Wildman–Crippen LogP) is 10.4. The summed E-state index contributed by atoms with van der Waals surface area (Å²) in [6.07, 6.45) is 0. The van der Waals surface area contributed by atoms with Crippen LogP contribution in [0.4, 0.5) is 0 Å². The van der Waals surface area contributed by atoms with Crippen molar-refractivity contribution in [3.05, 3.63) is 121 Å². The molecule has 0 spiro atoms. The summed E-state index contributed by atoms with van der Waals surface area (Å²) < 4.78 is 9.20. The second-order valence-corrected chi connectivity index (χ2v) is 10.3. The number of benzene rings is 6. The Kier molecular flexibility index (Phi) is 4.16. The summed E-state index contributed by atoms with van der Waals surface area (Å²) >= 11 is 1.81. The third-order valence-corrected chi connectivity index (χ3v) is 8.46. The SMILES string of the molecule is c1ccc(-c2c3ccccc3c(-c3cccc4c3oc3c5ccccc5sc43)c3ccccc23)cc1. The molecule has 0 saturated carbocycles. The minimum atomic E-state index is 0.965. The van der Waals surface area contributed by atoms with Gasteiger partial charge in [-0.3, -0.25) is 0 Å². The van der Waals surface area contributed by atoms with Gasteiger partial charge in [-0.15, -0.1) is 11.3 Å². The molecule has 0 unspecified atom stereocenters. The zero-order chi connectivity index (χ0) is 23.6. The summed E-state index contributed by atoms with van der Waals surface area (Å²) in [5, 5.41) is 7.37. The molecule has 0 fully saturated rings. The van der Waals surface area contributed by atoms with Crippen molar-refractivity contribution in [1.29, 1.82) is 0 Å². The number of hydrogen-bond acceptors (Lipinski definition) is 2. The van der Waals surface area contributed by atoms with Gasteiger partial charge in [-0.1, -0.05) is 103 Å². The molecule has 1 nitrogen and oxygen atoms in total. The van der Waals surface area contributed by atoms with E-state index in [9.17, 15) is 0 Å². The summed E-state index contributed by atoms with van der Waals surface area (Å²) in [5.41, 5.74) is 6.85. The van der Waals surface area contributed by atoms with E-state index >= 15 is 0 Å². The molecule has 168 valence electrons. The molecule has 0 bridgehead atoms. The predicted molar refractivity (Wildman–Crippen MR) is 155 cm³/mol. The Hall–Kier alpha value is -4.40. The second kappa shape index (κ2) is 7.55. The normalized spacial score (nSPS) is 11.9. The number of furan rings is 1. The maximum Gasteiger partial charge on any atom is 0.154 e. The van der Waals surface area contributed by atoms with E-state index in [1.54, 1.807) is 0 Å². The average molecular weight is 477 g/mol. The third kappa shape index (κ3) is 2.71. The molecule has 2 heteroatoms. The van der Waals surface area contributed by atoms with Crippen LogP contribution in [0, 0.1) is 0 Å². The van der Waals surface area contributed by atoms with Crippen LogP contribution in [0.15, 0.2) is 126 Å². The van der Waals surface area contributed by atoms with Crippen molar-refractivity contribution >= 4 is 64.2 Å². The van der Waals surface area contributed by atoms with Gasteiger partial charge >= 0.3 is 0 Å². The highest BCUT2D eigenvalue weighted by Gasteiger charge is 2.21. The monoisotopic (exact) mass is 476 g/mol. The lowest BCUT2D eigenvalue weighted by atomic mass is 9.86. The second-order valence-electron chi connectivity index (χ2n) is 9.25. The van der Waals surface area contributed by atoms with E-state index in [1.807, 2.05) is 11.3 Å². The van der Waals surface area contributed by atoms with Gasteiger partial charge < -0.3 is 4.42 Å². The maximum atomic E-state index is 6.71. The van der Waals surface area contributed by atoms with Gasteiger partial charge in [-0.05, 0) is 50.9 Å². The topological polar surface area (TPSA) is 13.1 Å². The molecule has 2 heterocycles. The lowest BCUT2D eigenvalue weighted by Gasteiger charge is -2.17. The van der Waals surface area contributed by atoms with Crippen LogP contribution in [0.5, 0.6) is 0 Å². The van der Waals surface area contributed by atoms with Crippen LogP contribution in [0.3, 0.4) is 0 Å². The highest BCUT2D eigenvalue weighted by molar-refractivity contribution is 7.26. The van der Waals surface area contributed by atoms with Gasteiger partial charge in [-0.2, -0.15) is 0 Å². The highest BCUT2D eigenvalue weighted by Crippen LogP contribution is 2.48. The van der Waals surface area contributed by atoms with E-state index in [-0.39, 0.29) is 0 Å². The molecule has 0 aliphatic rings. The molecule has 0 radical (unpaired) electrons. The fourth-order valence-corrected chi connectivity index (χ4v) is 6.91. The first-order valence-electron chi connectivity index (χ1n) is 12.2. The highest BCUT2D eigenvalue weighted by atomic mass is 32.1. The Labute approximate surface area is 211 Å². The van der Waals surface area contributed by atoms with E-state index in [4.69, 9.17) is 4.42 Å². The Morgan fingerprint density at radius 3 is 1.67 bits per heavy atom. The van der Waals surface area contributed by atoms with Crippen molar-refractivity contribution in [3.8, 4) is 22.3 Å². The summed E-state index contributed by atoms with van der Waals surface area (Å²) in [7, 11) is 0. The zero-order valence-corrected chi connectivity index (χ0v) is 20.2. The van der Waals surface area contributed by atoms with E-state index in [0.717, 1.165) is 16.7 Å². The first-order valence-corrected chi connectivity index (χ1v) is 13.0. The van der Waals surface area contributed by atoms with Crippen molar-refractivity contribution in [2.24, 2.45) is 0 Å². The number of hydrogen-bond donors (Lipinski definition) is 0. The van der Waals surface area contributed by atoms with Crippen molar-refractivity contribution in [1.82, 2.24) is 0 Å². The van der Waals surface area contributed by atoms with E-state index in [0.29, 0.717) is 0 Å². The van der Waals surface area contributed by atoms with Crippen LogP contribution < -0.4 is 0 Å². The lowest BCUT2D eigenvalue weighted by molar-refractivity contribution is 0.674. The van der Waals surface area contributed by atoms with Crippen molar-refractivity contribution in [2.45, 2.75) is 0 Å². The number of rotatable bonds is 2. The third-order valence-electron chi connectivity index (χ3n) is 7.28. The first-order chi connectivity index (χ1) is 17.9. The summed E-state index contributed by atoms with van der Waals surface area (Å²) in [6.45, 7) is 0. The van der Waals surface area contributed by atoms with E-state index in [2.05, 4.69) is 121 Å². The van der Waals surface area contributed by atoms with Crippen LogP contribution in [0.2, 0.25) is 0 Å². The van der Waals surface area contributed by atoms with Gasteiger partial charge in [0.2, 0.25) is 0 Å². The first kappa shape index (κ1) is 19.9. The van der Waals surface area contributed by atoms with E-state index < -0.39 is 0 Å². The molecule has 6 aromatic carbocycles. The molecular formula is C34H20OS. The summed E-state index contributed by atoms with van der Waals surface area (Å²) in [5.74, 6) is 0. The van der Waals surface area contributed by atoms with E-state index in [1.165, 1.54) is 58.4 Å². The van der Waals surface area contributed by atoms with Crippen molar-refractivity contribution in [2.75, 3.05) is 0 Å². The number of para-hydroxylation sites is 1. The van der Waals surface area contributed by atoms with Gasteiger partial charge in [0, 0.05) is 26.6 Å². The Morgan fingerprint density at radius 2 is 0.972 bits per heavy atom. The zero-order valence-electron chi connectivity index (χ0n) is 19.4. The molecular weight excluding hydrogens is 456 g/mol. The molecule has 0 N–H and O–H groups in total. The fraction of sp³-hybridized carbons (Fsp3) is 0. The molecule has 0 atom stereocenters. The Morgan fingerprint density at radius 1 is 0.417 bits per heavy atom. The van der Waals surface area contributed by atoms with Crippen LogP contribution >= 0.6 is 11.3 Å². The van der Waals surface area contributed by atoms with Gasteiger partial charge in [0.05, 0.1) is 4.70 Å². The quantitative estimate of drug-likeness (QED) is 0.226. The molecule has 0 saturated heterocycles. The van der Waals surface area contributed by atoms with Gasteiger partial charge in [0.1, 0.15) is 5.58 Å². The van der Waals surface area contributed by atoms with Gasteiger partial charge in [-0.25, -0.2) is 0 Å². The van der Waals surface area contributed by atoms with Crippen LogP contribution in [0.25, 0.3) is 75.1 Å². The molecule has 8 rings (SSSR count). The van der Waals surface area contributed by atoms with Crippen LogP contribution in [-0.4, -0.2) is 0 Å². The maximum absolute atomic E-state index is 6.71. The van der Waals surface area contributed by atoms with Crippen molar-refractivity contribution < 1.29 is 4.42 Å². The smallest absolute Gasteiger partial charge is 0.154 e. The van der Waals surface area contributed by atoms with Crippen molar-refractivity contribution in [3.63, 3.8) is 0 Å². The standard InChI is InChI=1S/C34H20OS/c1-2-11-21(12-3-1)30-22-13-4-6-15-24(22)31(25-16-7-5-14-23(25)30)27-18-10-19-28-32(27)35-33-26-17-8-9-20-29(26)36-34(28)33/h1-20H. The van der Waals surface area contributed by atoms with Gasteiger partial charge in [0.15, 0.2) is 5.58 Å². The number of fused-ring (bicyclic) bond motifs is 7. The molecule has 0 aliphatic carbocycles. The Bertz CT molecular complexity index is 2040. The summed E-state index contributed by atoms with van der Waals surface area (Å²) in [6, 6.07) is 43.4. The molecule has 0 amide bonds. The molecule has 8 aromatic rings. The molecule has 2 aromatic heterocycles.